The van der Waals surface area contributed by atoms with Crippen molar-refractivity contribution in [3.8, 4) is 0 Å². The normalized spacial score (nSPS) is 22.1. The number of nitrogens with one attached hydrogen (secondary N) is 2. The van der Waals surface area contributed by atoms with Crippen molar-refractivity contribution < 1.29 is 0 Å². The van der Waals surface area contributed by atoms with Gasteiger partial charge in [-0.05, 0) is 26.8 Å². The van der Waals surface area contributed by atoms with E-state index >= 15 is 0 Å². The summed E-state index contributed by atoms with van der Waals surface area (Å²) in [5.74, 6) is 0. The standard InChI is InChI=1S/C12H22N4/c1-10(2)16-6-4-12(8-16)14-5-3-11-7-13-9-15-11/h7,9-10,12,14H,3-6,8H2,1-2H3,(H,13,15). The first-order valence-electron chi connectivity index (χ1n) is 6.20. The third-order valence-corrected chi connectivity index (χ3v) is 3.33. The minimum absolute atomic E-state index is 0.672. The number of aromatic nitrogens is 2. The molecule has 0 radical (unpaired) electrons. The monoisotopic (exact) mass is 222 g/mol. The molecular weight excluding hydrogens is 200 g/mol. The van der Waals surface area contributed by atoms with Crippen molar-refractivity contribution in [2.45, 2.75) is 38.8 Å². The van der Waals surface area contributed by atoms with E-state index in [2.05, 4.69) is 34.0 Å². The highest BCUT2D eigenvalue weighted by atomic mass is 15.2. The maximum absolute atomic E-state index is 4.02. The van der Waals surface area contributed by atoms with Crippen LogP contribution in [0.1, 0.15) is 26.0 Å². The van der Waals surface area contributed by atoms with E-state index in [9.17, 15) is 0 Å². The summed E-state index contributed by atoms with van der Waals surface area (Å²) in [6.45, 7) is 8.01. The zero-order valence-electron chi connectivity index (χ0n) is 10.2. The number of aromatic amines is 1. The van der Waals surface area contributed by atoms with Gasteiger partial charge in [0.2, 0.25) is 0 Å². The van der Waals surface area contributed by atoms with Crippen LogP contribution in [0.2, 0.25) is 0 Å². The van der Waals surface area contributed by atoms with E-state index in [1.807, 2.05) is 6.20 Å². The summed E-state index contributed by atoms with van der Waals surface area (Å²) in [6.07, 6.45) is 5.96. The molecule has 4 nitrogen and oxygen atoms in total. The molecule has 4 heteroatoms. The number of nitrogens with zero attached hydrogens (tertiary/aromatic N) is 2. The minimum atomic E-state index is 0.672. The molecule has 1 aliphatic heterocycles. The molecule has 1 aromatic rings. The van der Waals surface area contributed by atoms with Gasteiger partial charge in [-0.2, -0.15) is 0 Å². The lowest BCUT2D eigenvalue weighted by Gasteiger charge is -2.20. The summed E-state index contributed by atoms with van der Waals surface area (Å²) in [7, 11) is 0. The van der Waals surface area contributed by atoms with Gasteiger partial charge < -0.3 is 10.3 Å². The lowest BCUT2D eigenvalue weighted by Crippen LogP contribution is -2.36. The molecule has 2 heterocycles. The van der Waals surface area contributed by atoms with Gasteiger partial charge in [0.1, 0.15) is 0 Å². The van der Waals surface area contributed by atoms with Crippen molar-refractivity contribution in [1.82, 2.24) is 20.2 Å². The second-order valence-corrected chi connectivity index (χ2v) is 4.86. The molecule has 0 saturated carbocycles. The molecule has 1 aliphatic rings. The third-order valence-electron chi connectivity index (χ3n) is 3.33. The molecule has 1 unspecified atom stereocenters. The Hall–Kier alpha value is -0.870. The Morgan fingerprint density at radius 3 is 3.12 bits per heavy atom. The summed E-state index contributed by atoms with van der Waals surface area (Å²) in [5.41, 5.74) is 1.21. The van der Waals surface area contributed by atoms with Crippen LogP contribution in [0.25, 0.3) is 0 Å². The van der Waals surface area contributed by atoms with Gasteiger partial charge in [0.15, 0.2) is 0 Å². The largest absolute Gasteiger partial charge is 0.348 e. The molecule has 90 valence electrons. The fraction of sp³-hybridized carbons (Fsp3) is 0.750. The second-order valence-electron chi connectivity index (χ2n) is 4.86. The quantitative estimate of drug-likeness (QED) is 0.782. The van der Waals surface area contributed by atoms with Gasteiger partial charge in [0.25, 0.3) is 0 Å². The Kier molecular flexibility index (Phi) is 3.96. The van der Waals surface area contributed by atoms with Crippen LogP contribution >= 0.6 is 0 Å². The molecule has 1 saturated heterocycles. The summed E-state index contributed by atoms with van der Waals surface area (Å²) in [5, 5.41) is 3.62. The summed E-state index contributed by atoms with van der Waals surface area (Å²) in [4.78, 5) is 9.68. The van der Waals surface area contributed by atoms with Crippen molar-refractivity contribution in [1.29, 1.82) is 0 Å². The van der Waals surface area contributed by atoms with Gasteiger partial charge in [-0.25, -0.2) is 4.98 Å². The minimum Gasteiger partial charge on any atom is -0.348 e. The van der Waals surface area contributed by atoms with Gasteiger partial charge in [-0.3, -0.25) is 4.90 Å². The number of H-pyrrole nitrogens is 1. The number of rotatable bonds is 5. The van der Waals surface area contributed by atoms with E-state index in [4.69, 9.17) is 0 Å². The molecule has 2 N–H and O–H groups in total. The molecule has 1 fully saturated rings. The number of hydrogen-bond acceptors (Lipinski definition) is 3. The first kappa shape index (κ1) is 11.6. The highest BCUT2D eigenvalue weighted by molar-refractivity contribution is 4.95. The molecule has 1 atom stereocenters. The van der Waals surface area contributed by atoms with E-state index in [1.165, 1.54) is 25.2 Å². The first-order chi connectivity index (χ1) is 7.75. The first-order valence-corrected chi connectivity index (χ1v) is 6.20. The maximum atomic E-state index is 4.02. The molecule has 0 spiro atoms. The predicted molar refractivity (Wildman–Crippen MR) is 65.4 cm³/mol. The Morgan fingerprint density at radius 1 is 1.62 bits per heavy atom. The van der Waals surface area contributed by atoms with Crippen molar-refractivity contribution >= 4 is 0 Å². The fourth-order valence-corrected chi connectivity index (χ4v) is 2.26. The van der Waals surface area contributed by atoms with Crippen LogP contribution in [-0.4, -0.2) is 46.6 Å². The molecule has 0 aromatic carbocycles. The molecule has 16 heavy (non-hydrogen) atoms. The zero-order valence-corrected chi connectivity index (χ0v) is 10.2. The average Bonchev–Trinajstić information content (AvgIpc) is 2.87. The lowest BCUT2D eigenvalue weighted by atomic mass is 10.2. The highest BCUT2D eigenvalue weighted by Crippen LogP contribution is 2.12. The third kappa shape index (κ3) is 3.06. The van der Waals surface area contributed by atoms with Crippen LogP contribution in [0.15, 0.2) is 12.5 Å². The van der Waals surface area contributed by atoms with Gasteiger partial charge in [-0.1, -0.05) is 0 Å². The number of imidazole rings is 1. The number of likely N-dealkylation sites (tertiary alicyclic amines) is 1. The van der Waals surface area contributed by atoms with E-state index in [0.29, 0.717) is 12.1 Å². The summed E-state index contributed by atoms with van der Waals surface area (Å²) in [6, 6.07) is 1.35. The predicted octanol–water partition coefficient (Wildman–Crippen LogP) is 1.02. The fourth-order valence-electron chi connectivity index (χ4n) is 2.26. The smallest absolute Gasteiger partial charge is 0.0921 e. The molecule has 0 aliphatic carbocycles. The molecular formula is C12H22N4. The maximum Gasteiger partial charge on any atom is 0.0921 e. The van der Waals surface area contributed by atoms with Crippen molar-refractivity contribution in [2.24, 2.45) is 0 Å². The van der Waals surface area contributed by atoms with Crippen LogP contribution in [0.3, 0.4) is 0 Å². The Bertz CT molecular complexity index is 294. The average molecular weight is 222 g/mol. The van der Waals surface area contributed by atoms with E-state index in [0.717, 1.165) is 13.0 Å². The Balaban J connectivity index is 1.64. The van der Waals surface area contributed by atoms with E-state index in [-0.39, 0.29) is 0 Å². The topological polar surface area (TPSA) is 44.0 Å². The molecule has 2 rings (SSSR count). The Labute approximate surface area is 97.4 Å². The molecule has 1 aromatic heterocycles. The van der Waals surface area contributed by atoms with Crippen LogP contribution in [0, 0.1) is 0 Å². The summed E-state index contributed by atoms with van der Waals surface area (Å²) < 4.78 is 0. The zero-order chi connectivity index (χ0) is 11.4. The van der Waals surface area contributed by atoms with E-state index in [1.54, 1.807) is 6.33 Å². The van der Waals surface area contributed by atoms with Gasteiger partial charge in [0.05, 0.1) is 6.33 Å². The lowest BCUT2D eigenvalue weighted by molar-refractivity contribution is 0.268. The van der Waals surface area contributed by atoms with Crippen LogP contribution in [-0.2, 0) is 6.42 Å². The highest BCUT2D eigenvalue weighted by Gasteiger charge is 2.23. The van der Waals surface area contributed by atoms with Crippen molar-refractivity contribution in [3.63, 3.8) is 0 Å². The van der Waals surface area contributed by atoms with Crippen LogP contribution < -0.4 is 5.32 Å². The second kappa shape index (κ2) is 5.46. The molecule has 0 amide bonds. The molecule has 0 bridgehead atoms. The van der Waals surface area contributed by atoms with Gasteiger partial charge in [0, 0.05) is 43.5 Å². The van der Waals surface area contributed by atoms with Crippen LogP contribution in [0.4, 0.5) is 0 Å². The SMILES string of the molecule is CC(C)N1CCC(NCCc2cnc[nH]2)C1. The Morgan fingerprint density at radius 2 is 2.50 bits per heavy atom. The summed E-state index contributed by atoms with van der Waals surface area (Å²) >= 11 is 0. The van der Waals surface area contributed by atoms with Gasteiger partial charge in [-0.15, -0.1) is 0 Å². The van der Waals surface area contributed by atoms with Crippen LogP contribution in [0.5, 0.6) is 0 Å². The number of hydrogen-bond donors (Lipinski definition) is 2. The van der Waals surface area contributed by atoms with Gasteiger partial charge >= 0.3 is 0 Å². The van der Waals surface area contributed by atoms with Crippen molar-refractivity contribution in [2.75, 3.05) is 19.6 Å². The van der Waals surface area contributed by atoms with Crippen molar-refractivity contribution in [3.05, 3.63) is 18.2 Å². The van der Waals surface area contributed by atoms with E-state index < -0.39 is 0 Å².